The highest BCUT2D eigenvalue weighted by atomic mass is 32.2. The van der Waals surface area contributed by atoms with Crippen molar-refractivity contribution in [3.8, 4) is 0 Å². The molecule has 3 rings (SSSR count). The smallest absolute Gasteiger partial charge is 0.224 e. The number of hydrogen-bond acceptors (Lipinski definition) is 5. The summed E-state index contributed by atoms with van der Waals surface area (Å²) in [7, 11) is -3.92. The maximum Gasteiger partial charge on any atom is 0.224 e. The zero-order valence-corrected chi connectivity index (χ0v) is 18.0. The van der Waals surface area contributed by atoms with E-state index in [0.717, 1.165) is 63.3 Å². The molecular weight excluding hydrogens is 405 g/mol. The summed E-state index contributed by atoms with van der Waals surface area (Å²) < 4.78 is 39.7. The zero-order chi connectivity index (χ0) is 21.6. The molecular formula is C22H28FN3O3S. The fraction of sp³-hybridized carbons (Fsp3) is 0.409. The average Bonchev–Trinajstić information content (AvgIpc) is 3.02. The van der Waals surface area contributed by atoms with Gasteiger partial charge >= 0.3 is 0 Å². The van der Waals surface area contributed by atoms with Crippen LogP contribution in [0.3, 0.4) is 0 Å². The van der Waals surface area contributed by atoms with E-state index in [4.69, 9.17) is 0 Å². The van der Waals surface area contributed by atoms with Crippen molar-refractivity contribution in [2.24, 2.45) is 0 Å². The van der Waals surface area contributed by atoms with Gasteiger partial charge in [-0.1, -0.05) is 13.3 Å². The maximum absolute atomic E-state index is 13.3. The van der Waals surface area contributed by atoms with Crippen LogP contribution < -0.4 is 15.5 Å². The van der Waals surface area contributed by atoms with Crippen LogP contribution in [-0.2, 0) is 14.6 Å². The van der Waals surface area contributed by atoms with Gasteiger partial charge in [-0.25, -0.2) is 12.8 Å². The van der Waals surface area contributed by atoms with E-state index in [1.54, 1.807) is 12.1 Å². The van der Waals surface area contributed by atoms with Crippen LogP contribution in [0.4, 0.5) is 15.8 Å². The van der Waals surface area contributed by atoms with Crippen molar-refractivity contribution in [2.45, 2.75) is 42.4 Å². The number of halogens is 1. The number of anilines is 2. The normalized spacial score (nSPS) is 14.9. The van der Waals surface area contributed by atoms with E-state index in [1.807, 2.05) is 6.92 Å². The Hall–Kier alpha value is -2.45. The van der Waals surface area contributed by atoms with E-state index in [-0.39, 0.29) is 21.4 Å². The zero-order valence-electron chi connectivity index (χ0n) is 17.2. The lowest BCUT2D eigenvalue weighted by atomic mass is 10.2. The minimum atomic E-state index is -3.92. The first-order chi connectivity index (χ1) is 14.4. The predicted molar refractivity (Wildman–Crippen MR) is 116 cm³/mol. The highest BCUT2D eigenvalue weighted by molar-refractivity contribution is 7.91. The van der Waals surface area contributed by atoms with Gasteiger partial charge in [-0.2, -0.15) is 0 Å². The second-order valence-electron chi connectivity index (χ2n) is 7.38. The van der Waals surface area contributed by atoms with Crippen LogP contribution in [0, 0.1) is 5.82 Å². The van der Waals surface area contributed by atoms with Crippen molar-refractivity contribution >= 4 is 27.1 Å². The lowest BCUT2D eigenvalue weighted by molar-refractivity contribution is -0.116. The Morgan fingerprint density at radius 3 is 2.63 bits per heavy atom. The third kappa shape index (κ3) is 5.37. The summed E-state index contributed by atoms with van der Waals surface area (Å²) in [4.78, 5) is 14.6. The van der Waals surface area contributed by atoms with Crippen molar-refractivity contribution in [3.63, 3.8) is 0 Å². The monoisotopic (exact) mass is 433 g/mol. The van der Waals surface area contributed by atoms with Crippen molar-refractivity contribution in [1.82, 2.24) is 5.32 Å². The molecule has 0 atom stereocenters. The molecule has 0 aliphatic carbocycles. The van der Waals surface area contributed by atoms with E-state index in [0.29, 0.717) is 6.42 Å². The van der Waals surface area contributed by atoms with E-state index in [9.17, 15) is 17.6 Å². The lowest BCUT2D eigenvalue weighted by Crippen LogP contribution is -2.28. The summed E-state index contributed by atoms with van der Waals surface area (Å²) in [5.74, 6) is -0.728. The summed E-state index contributed by atoms with van der Waals surface area (Å²) in [6.45, 7) is 5.42. The first-order valence-electron chi connectivity index (χ1n) is 10.3. The average molecular weight is 434 g/mol. The SMILES string of the molecule is CCCCC(=O)Nc1cc(N2CCCNCC2)ccc1S(=O)(=O)c1ccc(F)cc1. The topological polar surface area (TPSA) is 78.5 Å². The number of carbonyl (C=O) groups is 1. The molecule has 1 fully saturated rings. The highest BCUT2D eigenvalue weighted by Crippen LogP contribution is 2.32. The molecule has 2 N–H and O–H groups in total. The molecule has 0 unspecified atom stereocenters. The summed E-state index contributed by atoms with van der Waals surface area (Å²) in [6.07, 6.45) is 2.90. The fourth-order valence-electron chi connectivity index (χ4n) is 3.44. The number of sulfone groups is 1. The number of amides is 1. The molecule has 0 bridgehead atoms. The molecule has 162 valence electrons. The van der Waals surface area contributed by atoms with Crippen molar-refractivity contribution < 1.29 is 17.6 Å². The van der Waals surface area contributed by atoms with E-state index < -0.39 is 15.7 Å². The van der Waals surface area contributed by atoms with Gasteiger partial charge in [-0.3, -0.25) is 4.79 Å². The van der Waals surface area contributed by atoms with Gasteiger partial charge < -0.3 is 15.5 Å². The molecule has 2 aromatic carbocycles. The number of benzene rings is 2. The van der Waals surface area contributed by atoms with Crippen molar-refractivity contribution in [1.29, 1.82) is 0 Å². The molecule has 1 amide bonds. The number of hydrogen-bond donors (Lipinski definition) is 2. The summed E-state index contributed by atoms with van der Waals surface area (Å²) in [5.41, 5.74) is 1.12. The minimum Gasteiger partial charge on any atom is -0.370 e. The number of unbranched alkanes of at least 4 members (excludes halogenated alkanes) is 1. The summed E-state index contributed by atoms with van der Waals surface area (Å²) >= 11 is 0. The molecule has 6 nitrogen and oxygen atoms in total. The molecule has 1 heterocycles. The Labute approximate surface area is 177 Å². The van der Waals surface area contributed by atoms with Crippen LogP contribution in [0.2, 0.25) is 0 Å². The second-order valence-corrected chi connectivity index (χ2v) is 9.30. The van der Waals surface area contributed by atoms with Gasteiger partial charge in [0.25, 0.3) is 0 Å². The van der Waals surface area contributed by atoms with Crippen LogP contribution >= 0.6 is 0 Å². The fourth-order valence-corrected chi connectivity index (χ4v) is 4.84. The largest absolute Gasteiger partial charge is 0.370 e. The Morgan fingerprint density at radius 1 is 1.13 bits per heavy atom. The van der Waals surface area contributed by atoms with Crippen LogP contribution in [0.15, 0.2) is 52.3 Å². The van der Waals surface area contributed by atoms with Gasteiger partial charge in [0.1, 0.15) is 5.82 Å². The molecule has 1 aliphatic rings. The van der Waals surface area contributed by atoms with Crippen LogP contribution in [0.1, 0.15) is 32.6 Å². The van der Waals surface area contributed by atoms with Gasteiger partial charge in [-0.05, 0) is 61.9 Å². The second kappa shape index (κ2) is 10.0. The predicted octanol–water partition coefficient (Wildman–Crippen LogP) is 3.59. The maximum atomic E-state index is 13.3. The standard InChI is InChI=1S/C22H28FN3O3S/c1-2-3-5-22(27)25-20-16-18(26-14-4-12-24-13-15-26)8-11-21(20)30(28,29)19-9-6-17(23)7-10-19/h6-11,16,24H,2-5,12-15H2,1H3,(H,25,27). The third-order valence-electron chi connectivity index (χ3n) is 5.11. The van der Waals surface area contributed by atoms with Crippen LogP contribution in [0.5, 0.6) is 0 Å². The van der Waals surface area contributed by atoms with E-state index >= 15 is 0 Å². The van der Waals surface area contributed by atoms with E-state index in [1.165, 1.54) is 18.2 Å². The number of nitrogens with zero attached hydrogens (tertiary/aromatic N) is 1. The van der Waals surface area contributed by atoms with Gasteiger partial charge in [0.15, 0.2) is 0 Å². The Morgan fingerprint density at radius 2 is 1.90 bits per heavy atom. The molecule has 0 spiro atoms. The van der Waals surface area contributed by atoms with Crippen LogP contribution in [-0.4, -0.2) is 40.5 Å². The number of carbonyl (C=O) groups excluding carboxylic acids is 1. The highest BCUT2D eigenvalue weighted by Gasteiger charge is 2.24. The quantitative estimate of drug-likeness (QED) is 0.653. The molecule has 30 heavy (non-hydrogen) atoms. The number of rotatable bonds is 7. The Balaban J connectivity index is 1.99. The van der Waals surface area contributed by atoms with Gasteiger partial charge in [-0.15, -0.1) is 0 Å². The summed E-state index contributed by atoms with van der Waals surface area (Å²) in [6, 6.07) is 9.73. The molecule has 0 radical (unpaired) electrons. The molecule has 0 saturated carbocycles. The lowest BCUT2D eigenvalue weighted by Gasteiger charge is -2.24. The van der Waals surface area contributed by atoms with Gasteiger partial charge in [0.05, 0.1) is 15.5 Å². The number of nitrogens with one attached hydrogen (secondary N) is 2. The molecule has 2 aromatic rings. The summed E-state index contributed by atoms with van der Waals surface area (Å²) in [5, 5.41) is 6.13. The molecule has 0 aromatic heterocycles. The van der Waals surface area contributed by atoms with Crippen molar-refractivity contribution in [2.75, 3.05) is 36.4 Å². The first-order valence-corrected chi connectivity index (χ1v) is 11.8. The molecule has 1 aliphatic heterocycles. The van der Waals surface area contributed by atoms with Crippen LogP contribution in [0.25, 0.3) is 0 Å². The molecule has 8 heteroatoms. The van der Waals surface area contributed by atoms with E-state index in [2.05, 4.69) is 15.5 Å². The van der Waals surface area contributed by atoms with Gasteiger partial charge in [0.2, 0.25) is 15.7 Å². The Bertz CT molecular complexity index is 970. The molecule has 1 saturated heterocycles. The van der Waals surface area contributed by atoms with Gasteiger partial charge in [0, 0.05) is 31.7 Å². The first kappa shape index (κ1) is 22.2. The minimum absolute atomic E-state index is 0.00986. The Kier molecular flexibility index (Phi) is 7.44. The van der Waals surface area contributed by atoms with Crippen molar-refractivity contribution in [3.05, 3.63) is 48.3 Å². The third-order valence-corrected chi connectivity index (χ3v) is 6.94.